The van der Waals surface area contributed by atoms with Gasteiger partial charge in [-0.05, 0) is 24.3 Å². The molecule has 0 saturated heterocycles. The van der Waals surface area contributed by atoms with Crippen LogP contribution >= 0.6 is 0 Å². The van der Waals surface area contributed by atoms with Gasteiger partial charge in [0.1, 0.15) is 23.1 Å². The second kappa shape index (κ2) is 5.51. The zero-order chi connectivity index (χ0) is 13.8. The largest absolute Gasteiger partial charge is 0.469 e. The Morgan fingerprint density at radius 1 is 1.32 bits per heavy atom. The highest BCUT2D eigenvalue weighted by Gasteiger charge is 2.12. The molecular weight excluding hydrogens is 254 g/mol. The summed E-state index contributed by atoms with van der Waals surface area (Å²) >= 11 is 0. The highest BCUT2D eigenvalue weighted by Crippen LogP contribution is 2.17. The SMILES string of the molecule is Nc1c(F)cc(C(=O)NCCc2ccco2)cc1F. The number of rotatable bonds is 4. The van der Waals surface area contributed by atoms with Crippen molar-refractivity contribution in [2.75, 3.05) is 12.3 Å². The zero-order valence-corrected chi connectivity index (χ0v) is 9.95. The normalized spacial score (nSPS) is 10.4. The average Bonchev–Trinajstić information content (AvgIpc) is 2.88. The van der Waals surface area contributed by atoms with E-state index < -0.39 is 23.2 Å². The molecule has 0 radical (unpaired) electrons. The van der Waals surface area contributed by atoms with Crippen LogP contribution in [0.2, 0.25) is 0 Å². The summed E-state index contributed by atoms with van der Waals surface area (Å²) in [6.07, 6.45) is 2.03. The maximum absolute atomic E-state index is 13.2. The first-order valence-electron chi connectivity index (χ1n) is 5.63. The minimum Gasteiger partial charge on any atom is -0.469 e. The van der Waals surface area contributed by atoms with Gasteiger partial charge in [-0.25, -0.2) is 8.78 Å². The quantitative estimate of drug-likeness (QED) is 0.833. The maximum atomic E-state index is 13.2. The monoisotopic (exact) mass is 266 g/mol. The third-order valence-electron chi connectivity index (χ3n) is 2.58. The molecule has 4 nitrogen and oxygen atoms in total. The lowest BCUT2D eigenvalue weighted by Crippen LogP contribution is -2.26. The summed E-state index contributed by atoms with van der Waals surface area (Å²) in [6.45, 7) is 0.306. The molecule has 2 aromatic rings. The molecule has 1 aromatic carbocycles. The summed E-state index contributed by atoms with van der Waals surface area (Å²) in [7, 11) is 0. The predicted octanol–water partition coefficient (Wildman–Crippen LogP) is 2.11. The summed E-state index contributed by atoms with van der Waals surface area (Å²) in [6, 6.07) is 5.32. The lowest BCUT2D eigenvalue weighted by Gasteiger charge is -2.06. The number of nitrogen functional groups attached to an aromatic ring is 1. The van der Waals surface area contributed by atoms with Crippen molar-refractivity contribution < 1.29 is 18.0 Å². The molecule has 0 aliphatic carbocycles. The van der Waals surface area contributed by atoms with Gasteiger partial charge >= 0.3 is 0 Å². The van der Waals surface area contributed by atoms with Crippen LogP contribution in [0.3, 0.4) is 0 Å². The van der Waals surface area contributed by atoms with Gasteiger partial charge in [0.25, 0.3) is 5.91 Å². The predicted molar refractivity (Wildman–Crippen MR) is 65.5 cm³/mol. The van der Waals surface area contributed by atoms with Gasteiger partial charge in [0, 0.05) is 18.5 Å². The third kappa shape index (κ3) is 3.09. The number of carbonyl (C=O) groups excluding carboxylic acids is 1. The van der Waals surface area contributed by atoms with E-state index >= 15 is 0 Å². The third-order valence-corrected chi connectivity index (χ3v) is 2.58. The Hall–Kier alpha value is -2.37. The van der Waals surface area contributed by atoms with Gasteiger partial charge in [-0.3, -0.25) is 4.79 Å². The van der Waals surface area contributed by atoms with E-state index in [2.05, 4.69) is 5.32 Å². The number of halogens is 2. The summed E-state index contributed by atoms with van der Waals surface area (Å²) in [4.78, 5) is 11.7. The number of anilines is 1. The van der Waals surface area contributed by atoms with Crippen LogP contribution in [0, 0.1) is 11.6 Å². The van der Waals surface area contributed by atoms with Crippen LogP contribution in [0.1, 0.15) is 16.1 Å². The minimum absolute atomic E-state index is 0.108. The number of nitrogens with one attached hydrogen (secondary N) is 1. The standard InChI is InChI=1S/C13H12F2N2O2/c14-10-6-8(7-11(15)12(10)16)13(18)17-4-3-9-2-1-5-19-9/h1-2,5-7H,3-4,16H2,(H,17,18). The van der Waals surface area contributed by atoms with Crippen LogP contribution < -0.4 is 11.1 Å². The Morgan fingerprint density at radius 3 is 2.58 bits per heavy atom. The highest BCUT2D eigenvalue weighted by atomic mass is 19.1. The van der Waals surface area contributed by atoms with Gasteiger partial charge in [0.05, 0.1) is 6.26 Å². The van der Waals surface area contributed by atoms with Gasteiger partial charge < -0.3 is 15.5 Å². The van der Waals surface area contributed by atoms with E-state index in [1.54, 1.807) is 12.1 Å². The van der Waals surface area contributed by atoms with Crippen LogP contribution in [0.4, 0.5) is 14.5 Å². The van der Waals surface area contributed by atoms with Crippen molar-refractivity contribution in [2.45, 2.75) is 6.42 Å². The molecule has 1 heterocycles. The Kier molecular flexibility index (Phi) is 3.79. The highest BCUT2D eigenvalue weighted by molar-refractivity contribution is 5.94. The average molecular weight is 266 g/mol. The Balaban J connectivity index is 1.96. The fourth-order valence-corrected chi connectivity index (χ4v) is 1.57. The van der Waals surface area contributed by atoms with Crippen molar-refractivity contribution in [3.05, 3.63) is 53.5 Å². The van der Waals surface area contributed by atoms with Crippen molar-refractivity contribution in [2.24, 2.45) is 0 Å². The summed E-state index contributed by atoms with van der Waals surface area (Å²) < 4.78 is 31.5. The molecule has 100 valence electrons. The number of hydrogen-bond donors (Lipinski definition) is 2. The van der Waals surface area contributed by atoms with Crippen molar-refractivity contribution in [1.82, 2.24) is 5.32 Å². The van der Waals surface area contributed by atoms with Gasteiger partial charge in [-0.1, -0.05) is 0 Å². The maximum Gasteiger partial charge on any atom is 0.251 e. The number of nitrogens with two attached hydrogens (primary N) is 1. The van der Waals surface area contributed by atoms with E-state index in [0.29, 0.717) is 13.0 Å². The molecular formula is C13H12F2N2O2. The molecule has 0 saturated carbocycles. The van der Waals surface area contributed by atoms with Gasteiger partial charge in [-0.15, -0.1) is 0 Å². The molecule has 6 heteroatoms. The van der Waals surface area contributed by atoms with Crippen molar-refractivity contribution in [3.8, 4) is 0 Å². The van der Waals surface area contributed by atoms with Gasteiger partial charge in [0.15, 0.2) is 0 Å². The molecule has 19 heavy (non-hydrogen) atoms. The number of benzene rings is 1. The second-order valence-electron chi connectivity index (χ2n) is 3.94. The van der Waals surface area contributed by atoms with Crippen LogP contribution in [0.25, 0.3) is 0 Å². The van der Waals surface area contributed by atoms with Crippen molar-refractivity contribution >= 4 is 11.6 Å². The van der Waals surface area contributed by atoms with Crippen molar-refractivity contribution in [1.29, 1.82) is 0 Å². The smallest absolute Gasteiger partial charge is 0.251 e. The first-order valence-corrected chi connectivity index (χ1v) is 5.63. The minimum atomic E-state index is -0.948. The molecule has 0 spiro atoms. The summed E-state index contributed by atoms with van der Waals surface area (Å²) in [5.74, 6) is -1.74. The lowest BCUT2D eigenvalue weighted by molar-refractivity contribution is 0.0953. The van der Waals surface area contributed by atoms with E-state index in [1.807, 2.05) is 0 Å². The van der Waals surface area contributed by atoms with Crippen LogP contribution in [-0.4, -0.2) is 12.5 Å². The van der Waals surface area contributed by atoms with Gasteiger partial charge in [-0.2, -0.15) is 0 Å². The zero-order valence-electron chi connectivity index (χ0n) is 9.95. The first kappa shape index (κ1) is 13.1. The fraction of sp³-hybridized carbons (Fsp3) is 0.154. The summed E-state index contributed by atoms with van der Waals surface area (Å²) in [5.41, 5.74) is 4.42. The number of carbonyl (C=O) groups is 1. The molecule has 2 rings (SSSR count). The van der Waals surface area contributed by atoms with E-state index in [4.69, 9.17) is 10.2 Å². The number of furan rings is 1. The van der Waals surface area contributed by atoms with E-state index in [9.17, 15) is 13.6 Å². The van der Waals surface area contributed by atoms with E-state index in [1.165, 1.54) is 6.26 Å². The first-order chi connectivity index (χ1) is 9.08. The van der Waals surface area contributed by atoms with Crippen LogP contribution in [0.5, 0.6) is 0 Å². The molecule has 0 fully saturated rings. The van der Waals surface area contributed by atoms with Crippen molar-refractivity contribution in [3.63, 3.8) is 0 Å². The number of amides is 1. The summed E-state index contributed by atoms with van der Waals surface area (Å²) in [5, 5.41) is 2.54. The molecule has 0 aliphatic heterocycles. The van der Waals surface area contributed by atoms with Gasteiger partial charge in [0.2, 0.25) is 0 Å². The second-order valence-corrected chi connectivity index (χ2v) is 3.94. The number of hydrogen-bond acceptors (Lipinski definition) is 3. The Morgan fingerprint density at radius 2 is 2.00 bits per heavy atom. The lowest BCUT2D eigenvalue weighted by atomic mass is 10.1. The van der Waals surface area contributed by atoms with E-state index in [-0.39, 0.29) is 5.56 Å². The van der Waals surface area contributed by atoms with Crippen LogP contribution in [-0.2, 0) is 6.42 Å². The van der Waals surface area contributed by atoms with Crippen LogP contribution in [0.15, 0.2) is 34.9 Å². The topological polar surface area (TPSA) is 68.3 Å². The molecule has 0 aliphatic rings. The molecule has 0 atom stereocenters. The molecule has 1 aromatic heterocycles. The Bertz CT molecular complexity index is 559. The Labute approximate surface area is 108 Å². The van der Waals surface area contributed by atoms with E-state index in [0.717, 1.165) is 17.9 Å². The molecule has 0 unspecified atom stereocenters. The molecule has 1 amide bonds. The molecule has 0 bridgehead atoms. The molecule has 3 N–H and O–H groups in total. The fourth-order valence-electron chi connectivity index (χ4n) is 1.57.